The number of nitrogens with one attached hydrogen (secondary N) is 1. The summed E-state index contributed by atoms with van der Waals surface area (Å²) in [6, 6.07) is 16.8. The number of hydrogen-bond acceptors (Lipinski definition) is 6. The first kappa shape index (κ1) is 27.2. The smallest absolute Gasteiger partial charge is 0.336 e. The Kier molecular flexibility index (Phi) is 9.51. The summed E-state index contributed by atoms with van der Waals surface area (Å²) in [5.74, 6) is -3.12. The minimum absolute atomic E-state index is 0.00887. The van der Waals surface area contributed by atoms with Gasteiger partial charge in [-0.05, 0) is 36.6 Å². The van der Waals surface area contributed by atoms with Gasteiger partial charge in [-0.25, -0.2) is 4.79 Å². The third kappa shape index (κ3) is 6.65. The summed E-state index contributed by atoms with van der Waals surface area (Å²) in [6.07, 6.45) is 3.68. The van der Waals surface area contributed by atoms with Gasteiger partial charge < -0.3 is 19.9 Å². The molecule has 7 heteroatoms. The maximum Gasteiger partial charge on any atom is 0.336 e. The van der Waals surface area contributed by atoms with Gasteiger partial charge in [-0.1, -0.05) is 79.4 Å². The van der Waals surface area contributed by atoms with Gasteiger partial charge in [0.15, 0.2) is 0 Å². The summed E-state index contributed by atoms with van der Waals surface area (Å²) < 4.78 is 10.8. The van der Waals surface area contributed by atoms with E-state index >= 15 is 0 Å². The minimum Gasteiger partial charge on any atom is -0.461 e. The molecular formula is C29H32ClNO5. The lowest BCUT2D eigenvalue weighted by Gasteiger charge is -2.43. The molecule has 2 aromatic rings. The molecule has 3 rings (SSSR count). The fraction of sp³-hybridized carbons (Fsp3) is 0.310. The Labute approximate surface area is 217 Å². The van der Waals surface area contributed by atoms with Gasteiger partial charge in [0.2, 0.25) is 0 Å². The molecule has 0 amide bonds. The van der Waals surface area contributed by atoms with Gasteiger partial charge in [0.05, 0.1) is 17.1 Å². The van der Waals surface area contributed by atoms with Gasteiger partial charge in [0.25, 0.3) is 0 Å². The molecule has 0 saturated carbocycles. The van der Waals surface area contributed by atoms with Crippen LogP contribution in [0.25, 0.3) is 0 Å². The molecule has 2 N–H and O–H groups in total. The van der Waals surface area contributed by atoms with E-state index in [0.29, 0.717) is 29.2 Å². The van der Waals surface area contributed by atoms with Crippen LogP contribution in [-0.4, -0.2) is 42.4 Å². The van der Waals surface area contributed by atoms with E-state index in [9.17, 15) is 14.7 Å². The summed E-state index contributed by atoms with van der Waals surface area (Å²) in [7, 11) is 0. The van der Waals surface area contributed by atoms with Crippen LogP contribution in [0.3, 0.4) is 0 Å². The summed E-state index contributed by atoms with van der Waals surface area (Å²) in [4.78, 5) is 26.6. The number of esters is 2. The minimum atomic E-state index is -1.51. The Balaban J connectivity index is 2.09. The van der Waals surface area contributed by atoms with Crippen molar-refractivity contribution in [3.63, 3.8) is 0 Å². The second-order valence-corrected chi connectivity index (χ2v) is 9.34. The van der Waals surface area contributed by atoms with Crippen molar-refractivity contribution in [1.82, 2.24) is 5.32 Å². The van der Waals surface area contributed by atoms with Crippen molar-refractivity contribution in [2.75, 3.05) is 19.8 Å². The number of benzene rings is 2. The molecule has 36 heavy (non-hydrogen) atoms. The summed E-state index contributed by atoms with van der Waals surface area (Å²) in [5.41, 5.74) is 1.05. The molecule has 1 aliphatic rings. The Bertz CT molecular complexity index is 1110. The van der Waals surface area contributed by atoms with Crippen LogP contribution in [0.5, 0.6) is 0 Å². The molecule has 1 aliphatic carbocycles. The first-order valence-electron chi connectivity index (χ1n) is 11.8. The van der Waals surface area contributed by atoms with Crippen LogP contribution in [0.15, 0.2) is 91.2 Å². The number of aliphatic hydroxyl groups is 1. The molecule has 0 aromatic heterocycles. The van der Waals surface area contributed by atoms with Crippen LogP contribution >= 0.6 is 11.6 Å². The van der Waals surface area contributed by atoms with Crippen molar-refractivity contribution < 1.29 is 24.2 Å². The van der Waals surface area contributed by atoms with E-state index in [4.69, 9.17) is 21.1 Å². The maximum absolute atomic E-state index is 13.4. The van der Waals surface area contributed by atoms with Crippen LogP contribution in [-0.2, 0) is 25.5 Å². The van der Waals surface area contributed by atoms with E-state index in [0.717, 1.165) is 5.56 Å². The second kappa shape index (κ2) is 12.6. The lowest BCUT2D eigenvalue weighted by molar-refractivity contribution is -0.159. The van der Waals surface area contributed by atoms with Crippen LogP contribution in [0.2, 0.25) is 5.02 Å². The van der Waals surface area contributed by atoms with E-state index in [1.54, 1.807) is 31.2 Å². The molecule has 0 fully saturated rings. The topological polar surface area (TPSA) is 84.9 Å². The number of carbonyl (C=O) groups excluding carboxylic acids is 2. The molecule has 2 aromatic carbocycles. The molecule has 0 heterocycles. The standard InChI is InChI=1S/C29H32ClNO5/c1-4-17-35-27(32)25-23(31-16-15-20-9-7-6-8-10-20)19-29(3,34)26(28(33)36-18-5-2)24(25)21-11-13-22(30)14-12-21/h4-14,24,26,31,34H,1-2,15-19H2,3H3/t24-,26+,29-/m0/s1. The number of carbonyl (C=O) groups is 2. The summed E-state index contributed by atoms with van der Waals surface area (Å²) in [5, 5.41) is 15.4. The highest BCUT2D eigenvalue weighted by molar-refractivity contribution is 6.30. The Hall–Kier alpha value is -3.35. The van der Waals surface area contributed by atoms with E-state index < -0.39 is 29.4 Å². The van der Waals surface area contributed by atoms with E-state index in [1.807, 2.05) is 30.3 Å². The van der Waals surface area contributed by atoms with E-state index in [2.05, 4.69) is 18.5 Å². The quantitative estimate of drug-likeness (QED) is 0.336. The van der Waals surface area contributed by atoms with Crippen molar-refractivity contribution in [3.05, 3.63) is 107 Å². The number of rotatable bonds is 11. The Morgan fingerprint density at radius 2 is 1.72 bits per heavy atom. The first-order chi connectivity index (χ1) is 17.3. The second-order valence-electron chi connectivity index (χ2n) is 8.90. The highest BCUT2D eigenvalue weighted by Crippen LogP contribution is 2.47. The molecule has 0 spiro atoms. The lowest BCUT2D eigenvalue weighted by atomic mass is 9.66. The average molecular weight is 510 g/mol. The molecule has 6 nitrogen and oxygen atoms in total. The van der Waals surface area contributed by atoms with Crippen molar-refractivity contribution in [3.8, 4) is 0 Å². The van der Waals surface area contributed by atoms with Crippen molar-refractivity contribution in [2.24, 2.45) is 5.92 Å². The van der Waals surface area contributed by atoms with E-state index in [-0.39, 0.29) is 25.2 Å². The molecule has 0 aliphatic heterocycles. The zero-order valence-corrected chi connectivity index (χ0v) is 21.2. The van der Waals surface area contributed by atoms with Crippen molar-refractivity contribution in [1.29, 1.82) is 0 Å². The third-order valence-electron chi connectivity index (χ3n) is 6.15. The fourth-order valence-electron chi connectivity index (χ4n) is 4.55. The summed E-state index contributed by atoms with van der Waals surface area (Å²) in [6.45, 7) is 9.31. The molecule has 3 atom stereocenters. The average Bonchev–Trinajstić information content (AvgIpc) is 2.86. The van der Waals surface area contributed by atoms with Gasteiger partial charge in [0.1, 0.15) is 13.2 Å². The summed E-state index contributed by atoms with van der Waals surface area (Å²) >= 11 is 6.12. The van der Waals surface area contributed by atoms with Crippen LogP contribution in [0, 0.1) is 5.92 Å². The predicted molar refractivity (Wildman–Crippen MR) is 140 cm³/mol. The SMILES string of the molecule is C=CCOC(=O)C1=C(NCCc2ccccc2)C[C@](C)(O)[C@@H](C(=O)OCC=C)[C@H]1c1ccc(Cl)cc1. The van der Waals surface area contributed by atoms with Gasteiger partial charge in [-0.15, -0.1) is 0 Å². The highest BCUT2D eigenvalue weighted by Gasteiger charge is 2.52. The third-order valence-corrected chi connectivity index (χ3v) is 6.40. The molecular weight excluding hydrogens is 478 g/mol. The molecule has 0 saturated heterocycles. The Morgan fingerprint density at radius 3 is 2.36 bits per heavy atom. The van der Waals surface area contributed by atoms with Gasteiger partial charge in [-0.3, -0.25) is 4.79 Å². The zero-order valence-electron chi connectivity index (χ0n) is 20.4. The molecule has 190 valence electrons. The number of halogens is 1. The van der Waals surface area contributed by atoms with Crippen LogP contribution in [0.4, 0.5) is 0 Å². The number of ether oxygens (including phenoxy) is 2. The predicted octanol–water partition coefficient (Wildman–Crippen LogP) is 4.74. The maximum atomic E-state index is 13.4. The zero-order chi connectivity index (χ0) is 26.1. The highest BCUT2D eigenvalue weighted by atomic mass is 35.5. The Morgan fingerprint density at radius 1 is 1.08 bits per heavy atom. The van der Waals surface area contributed by atoms with Crippen LogP contribution < -0.4 is 5.32 Å². The van der Waals surface area contributed by atoms with Gasteiger partial charge in [-0.2, -0.15) is 0 Å². The van der Waals surface area contributed by atoms with Gasteiger partial charge in [0, 0.05) is 29.6 Å². The van der Waals surface area contributed by atoms with Crippen LogP contribution in [0.1, 0.15) is 30.4 Å². The first-order valence-corrected chi connectivity index (χ1v) is 12.2. The molecule has 0 radical (unpaired) electrons. The van der Waals surface area contributed by atoms with Crippen molar-refractivity contribution >= 4 is 23.5 Å². The largest absolute Gasteiger partial charge is 0.461 e. The molecule has 0 unspecified atom stereocenters. The fourth-order valence-corrected chi connectivity index (χ4v) is 4.68. The normalized spacial score (nSPS) is 21.4. The number of hydrogen-bond donors (Lipinski definition) is 2. The van der Waals surface area contributed by atoms with E-state index in [1.165, 1.54) is 12.2 Å². The molecule has 0 bridgehead atoms. The monoisotopic (exact) mass is 509 g/mol. The van der Waals surface area contributed by atoms with Gasteiger partial charge >= 0.3 is 11.9 Å². The van der Waals surface area contributed by atoms with Crippen molar-refractivity contribution in [2.45, 2.75) is 31.3 Å². The lowest BCUT2D eigenvalue weighted by Crippen LogP contribution is -2.50.